The van der Waals surface area contributed by atoms with Crippen LogP contribution in [0.5, 0.6) is 0 Å². The van der Waals surface area contributed by atoms with Gasteiger partial charge in [0.2, 0.25) is 0 Å². The van der Waals surface area contributed by atoms with Gasteiger partial charge in [-0.15, -0.1) is 0 Å². The summed E-state index contributed by atoms with van der Waals surface area (Å²) in [7, 11) is 0. The molecule has 0 bridgehead atoms. The molecule has 1 aliphatic rings. The van der Waals surface area contributed by atoms with Crippen molar-refractivity contribution in [3.05, 3.63) is 0 Å². The summed E-state index contributed by atoms with van der Waals surface area (Å²) in [6.07, 6.45) is 1.71. The summed E-state index contributed by atoms with van der Waals surface area (Å²) in [4.78, 5) is 9.60. The van der Waals surface area contributed by atoms with Crippen molar-refractivity contribution < 1.29 is 32.9 Å². The first-order valence-corrected chi connectivity index (χ1v) is 5.93. The number of aliphatic carboxylic acids is 1. The third kappa shape index (κ3) is 10.1. The van der Waals surface area contributed by atoms with Crippen molar-refractivity contribution >= 4 is 5.97 Å². The Hall–Kier alpha value is 0.0534. The van der Waals surface area contributed by atoms with E-state index >= 15 is 0 Å². The summed E-state index contributed by atoms with van der Waals surface area (Å²) in [5, 5.41) is 9.23. The van der Waals surface area contributed by atoms with Gasteiger partial charge in [0.25, 0.3) is 0 Å². The van der Waals surface area contributed by atoms with Crippen molar-refractivity contribution in [1.82, 2.24) is 0 Å². The maximum absolute atomic E-state index is 9.60. The molecule has 0 aromatic heterocycles. The molecular formula is C7H13O3Zn. The van der Waals surface area contributed by atoms with E-state index in [1.54, 1.807) is 0 Å². The van der Waals surface area contributed by atoms with Crippen LogP contribution in [0.1, 0.15) is 19.8 Å². The van der Waals surface area contributed by atoms with E-state index in [0.29, 0.717) is 12.5 Å². The molecule has 4 heteroatoms. The SMILES string of the molecule is CCCC(=O)O.[Zn][CH2]C1CO1. The number of carboxylic acids is 1. The Balaban J connectivity index is 0.000000183. The van der Waals surface area contributed by atoms with E-state index in [1.165, 1.54) is 23.3 Å². The van der Waals surface area contributed by atoms with Crippen LogP contribution in [0, 0.1) is 0 Å². The summed E-state index contributed by atoms with van der Waals surface area (Å²) >= 11 is 1.39. The van der Waals surface area contributed by atoms with E-state index in [4.69, 9.17) is 9.84 Å². The summed E-state index contributed by atoms with van der Waals surface area (Å²) in [6, 6.07) is 0. The first-order chi connectivity index (χ1) is 5.20. The zero-order valence-electron chi connectivity index (χ0n) is 6.88. The third-order valence-electron chi connectivity index (χ3n) is 1.19. The Morgan fingerprint density at radius 2 is 2.36 bits per heavy atom. The van der Waals surface area contributed by atoms with Crippen LogP contribution in [-0.4, -0.2) is 23.8 Å². The molecule has 1 atom stereocenters. The van der Waals surface area contributed by atoms with E-state index < -0.39 is 5.97 Å². The first kappa shape index (κ1) is 11.1. The van der Waals surface area contributed by atoms with Crippen molar-refractivity contribution in [1.29, 1.82) is 0 Å². The predicted octanol–water partition coefficient (Wildman–Crippen LogP) is 1.22. The van der Waals surface area contributed by atoms with Gasteiger partial charge in [-0.3, -0.25) is 4.79 Å². The van der Waals surface area contributed by atoms with Crippen LogP contribution in [0.4, 0.5) is 0 Å². The quantitative estimate of drug-likeness (QED) is 0.563. The van der Waals surface area contributed by atoms with Gasteiger partial charge in [0, 0.05) is 6.42 Å². The van der Waals surface area contributed by atoms with Crippen LogP contribution in [0.2, 0.25) is 5.02 Å². The molecule has 0 spiro atoms. The average molecular weight is 211 g/mol. The monoisotopic (exact) mass is 209 g/mol. The normalized spacial score (nSPS) is 20.1. The molecule has 1 fully saturated rings. The molecule has 0 saturated carbocycles. The van der Waals surface area contributed by atoms with Gasteiger partial charge >= 0.3 is 46.7 Å². The number of hydrogen-bond acceptors (Lipinski definition) is 2. The number of carbonyl (C=O) groups is 1. The molecule has 61 valence electrons. The van der Waals surface area contributed by atoms with Gasteiger partial charge in [-0.25, -0.2) is 0 Å². The van der Waals surface area contributed by atoms with Gasteiger partial charge in [-0.05, 0) is 6.42 Å². The van der Waals surface area contributed by atoms with Crippen LogP contribution in [0.15, 0.2) is 0 Å². The topological polar surface area (TPSA) is 49.8 Å². The molecule has 0 radical (unpaired) electrons. The van der Waals surface area contributed by atoms with Crippen molar-refractivity contribution in [3.8, 4) is 0 Å². The zero-order chi connectivity index (χ0) is 8.69. The van der Waals surface area contributed by atoms with Crippen LogP contribution >= 0.6 is 0 Å². The second-order valence-corrected chi connectivity index (χ2v) is 3.60. The standard InChI is InChI=1S/C4H8O2.C3H5O.Zn/c1-2-3-4(5)6;1-3-2-4-3;/h2-3H2,1H3,(H,5,6);3H,1-2H2;. The van der Waals surface area contributed by atoms with E-state index in [-0.39, 0.29) is 0 Å². The molecule has 11 heavy (non-hydrogen) atoms. The Morgan fingerprint density at radius 1 is 1.82 bits per heavy atom. The van der Waals surface area contributed by atoms with Crippen LogP contribution < -0.4 is 0 Å². The Kier molecular flexibility index (Phi) is 6.78. The fraction of sp³-hybridized carbons (Fsp3) is 0.857. The molecule has 0 aromatic carbocycles. The van der Waals surface area contributed by atoms with E-state index in [9.17, 15) is 4.79 Å². The molecule has 1 aliphatic heterocycles. The van der Waals surface area contributed by atoms with Gasteiger partial charge in [0.05, 0.1) is 0 Å². The fourth-order valence-corrected chi connectivity index (χ4v) is 1.15. The van der Waals surface area contributed by atoms with Gasteiger partial charge < -0.3 is 5.11 Å². The molecule has 1 rings (SSSR count). The summed E-state index contributed by atoms with van der Waals surface area (Å²) < 4.78 is 4.89. The fourth-order valence-electron chi connectivity index (χ4n) is 0.449. The predicted molar refractivity (Wildman–Crippen MR) is 37.1 cm³/mol. The van der Waals surface area contributed by atoms with Crippen LogP contribution in [-0.2, 0) is 27.8 Å². The molecule has 1 N–H and O–H groups in total. The zero-order valence-corrected chi connectivity index (χ0v) is 9.84. The van der Waals surface area contributed by atoms with Crippen molar-refractivity contribution in [2.24, 2.45) is 0 Å². The summed E-state index contributed by atoms with van der Waals surface area (Å²) in [5.41, 5.74) is 0. The van der Waals surface area contributed by atoms with Crippen LogP contribution in [0.3, 0.4) is 0 Å². The first-order valence-electron chi connectivity index (χ1n) is 3.83. The molecule has 1 heterocycles. The van der Waals surface area contributed by atoms with Gasteiger partial charge in [0.15, 0.2) is 0 Å². The molecule has 3 nitrogen and oxygen atoms in total. The molecule has 1 unspecified atom stereocenters. The van der Waals surface area contributed by atoms with Crippen LogP contribution in [0.25, 0.3) is 0 Å². The summed E-state index contributed by atoms with van der Waals surface area (Å²) in [5.74, 6) is -0.711. The Labute approximate surface area is 76.8 Å². The second kappa shape index (κ2) is 6.74. The molecule has 0 aromatic rings. The van der Waals surface area contributed by atoms with Crippen molar-refractivity contribution in [3.63, 3.8) is 0 Å². The molecule has 1 saturated heterocycles. The Bertz CT molecular complexity index is 112. The number of carboxylic acid groups (broad SMARTS) is 1. The number of hydrogen-bond donors (Lipinski definition) is 1. The summed E-state index contributed by atoms with van der Waals surface area (Å²) in [6.45, 7) is 2.88. The number of rotatable bonds is 3. The second-order valence-electron chi connectivity index (χ2n) is 2.39. The minimum absolute atomic E-state index is 0.292. The average Bonchev–Trinajstić information content (AvgIpc) is 2.69. The molecular weight excluding hydrogens is 197 g/mol. The van der Waals surface area contributed by atoms with Gasteiger partial charge in [-0.1, -0.05) is 6.92 Å². The van der Waals surface area contributed by atoms with Gasteiger partial charge in [0.1, 0.15) is 0 Å². The van der Waals surface area contributed by atoms with Crippen molar-refractivity contribution in [2.45, 2.75) is 30.9 Å². The third-order valence-corrected chi connectivity index (χ3v) is 2.54. The minimum atomic E-state index is -0.711. The van der Waals surface area contributed by atoms with E-state index in [2.05, 4.69) is 0 Å². The van der Waals surface area contributed by atoms with Gasteiger partial charge in [-0.2, -0.15) is 0 Å². The Morgan fingerprint density at radius 3 is 2.36 bits per heavy atom. The van der Waals surface area contributed by atoms with Crippen molar-refractivity contribution in [2.75, 3.05) is 6.61 Å². The number of epoxide rings is 1. The molecule has 0 amide bonds. The maximum atomic E-state index is 9.60. The number of ether oxygens (including phenoxy) is 1. The van der Waals surface area contributed by atoms with E-state index in [1.807, 2.05) is 6.92 Å². The molecule has 0 aliphatic carbocycles. The van der Waals surface area contributed by atoms with E-state index in [0.717, 1.165) is 13.0 Å².